The monoisotopic (exact) mass is 652 g/mol. The molecule has 6 rings (SSSR count). The summed E-state index contributed by atoms with van der Waals surface area (Å²) in [5.74, 6) is -2.28. The SMILES string of the molecule is CC(C)(C)OC(=O)N1c2ccccc2CC1C(=O)N1CC(Sc2ccccc2)CC1C(=O)CC1=CCc2ccccc2CC1C(=O)O. The standard InChI is InChI=1S/C38H40N2O6S/c1-38(2,3)46-37(45)40-31-16-10-9-13-27(31)20-33(40)35(42)39-23-29(47-28-14-5-4-6-15-28)22-32(39)34(41)21-26-18-17-24-11-7-8-12-25(24)19-30(26)36(43)44/h4-16,18,29-30,32-33H,17,19-23H2,1-3H3,(H,43,44). The molecule has 1 saturated heterocycles. The van der Waals surface area contributed by atoms with E-state index in [1.54, 1.807) is 37.4 Å². The molecule has 4 unspecified atom stereocenters. The van der Waals surface area contributed by atoms with E-state index in [4.69, 9.17) is 4.74 Å². The highest BCUT2D eigenvalue weighted by Crippen LogP contribution is 2.39. The number of carboxylic acids is 1. The number of amides is 2. The van der Waals surface area contributed by atoms with Gasteiger partial charge < -0.3 is 14.7 Å². The van der Waals surface area contributed by atoms with Crippen LogP contribution in [0.15, 0.2) is 95.4 Å². The third-order valence-electron chi connectivity index (χ3n) is 9.07. The number of fused-ring (bicyclic) bond motifs is 2. The molecule has 0 aromatic heterocycles. The minimum absolute atomic E-state index is 0.0528. The number of ether oxygens (including phenoxy) is 1. The summed E-state index contributed by atoms with van der Waals surface area (Å²) in [7, 11) is 0. The molecule has 2 aliphatic heterocycles. The molecule has 9 heteroatoms. The first-order valence-electron chi connectivity index (χ1n) is 16.1. The van der Waals surface area contributed by atoms with E-state index in [1.165, 1.54) is 4.90 Å². The molecular weight excluding hydrogens is 612 g/mol. The summed E-state index contributed by atoms with van der Waals surface area (Å²) >= 11 is 1.62. The molecule has 2 heterocycles. The van der Waals surface area contributed by atoms with E-state index in [1.807, 2.05) is 84.9 Å². The smallest absolute Gasteiger partial charge is 0.415 e. The average Bonchev–Trinajstić information content (AvgIpc) is 3.58. The number of carbonyl (C=O) groups excluding carboxylic acids is 3. The topological polar surface area (TPSA) is 104 Å². The normalized spacial score (nSPS) is 22.1. The van der Waals surface area contributed by atoms with Crippen LogP contribution in [-0.4, -0.2) is 63.2 Å². The van der Waals surface area contributed by atoms with Gasteiger partial charge in [-0.2, -0.15) is 0 Å². The molecule has 47 heavy (non-hydrogen) atoms. The van der Waals surface area contributed by atoms with E-state index in [-0.39, 0.29) is 23.4 Å². The predicted octanol–water partition coefficient (Wildman–Crippen LogP) is 6.50. The Bertz CT molecular complexity index is 1710. The van der Waals surface area contributed by atoms with Gasteiger partial charge >= 0.3 is 12.1 Å². The maximum atomic E-state index is 14.6. The van der Waals surface area contributed by atoms with E-state index < -0.39 is 35.7 Å². The Morgan fingerprint density at radius 3 is 2.21 bits per heavy atom. The van der Waals surface area contributed by atoms with Crippen LogP contribution in [0.25, 0.3) is 0 Å². The summed E-state index contributed by atoms with van der Waals surface area (Å²) in [6.07, 6.45) is 2.84. The van der Waals surface area contributed by atoms with E-state index >= 15 is 0 Å². The third kappa shape index (κ3) is 7.15. The zero-order valence-electron chi connectivity index (χ0n) is 26.9. The number of carboxylic acid groups (broad SMARTS) is 1. The number of carbonyl (C=O) groups is 4. The van der Waals surface area contributed by atoms with Crippen molar-refractivity contribution < 1.29 is 29.0 Å². The van der Waals surface area contributed by atoms with Crippen molar-refractivity contribution in [3.63, 3.8) is 0 Å². The fourth-order valence-corrected chi connectivity index (χ4v) is 8.10. The molecule has 1 N–H and O–H groups in total. The second-order valence-electron chi connectivity index (χ2n) is 13.5. The zero-order valence-corrected chi connectivity index (χ0v) is 27.7. The summed E-state index contributed by atoms with van der Waals surface area (Å²) in [4.78, 5) is 59.0. The minimum Gasteiger partial charge on any atom is -0.481 e. The molecule has 3 aliphatic rings. The lowest BCUT2D eigenvalue weighted by Crippen LogP contribution is -2.53. The van der Waals surface area contributed by atoms with Crippen LogP contribution in [0.1, 0.15) is 50.3 Å². The lowest BCUT2D eigenvalue weighted by atomic mass is 9.88. The number of thioether (sulfide) groups is 1. The number of likely N-dealkylation sites (tertiary alicyclic amines) is 1. The van der Waals surface area contributed by atoms with Gasteiger partial charge in [0.25, 0.3) is 0 Å². The second kappa shape index (κ2) is 13.4. The van der Waals surface area contributed by atoms with Crippen LogP contribution >= 0.6 is 11.8 Å². The average molecular weight is 653 g/mol. The molecular formula is C38H40N2O6S. The molecule has 8 nitrogen and oxygen atoms in total. The highest BCUT2D eigenvalue weighted by Gasteiger charge is 2.47. The highest BCUT2D eigenvalue weighted by atomic mass is 32.2. The Labute approximate surface area is 279 Å². The van der Waals surface area contributed by atoms with Gasteiger partial charge in [-0.15, -0.1) is 11.8 Å². The lowest BCUT2D eigenvalue weighted by Gasteiger charge is -2.32. The number of ketones is 1. The summed E-state index contributed by atoms with van der Waals surface area (Å²) in [5.41, 5.74) is 3.33. The van der Waals surface area contributed by atoms with Crippen molar-refractivity contribution in [3.8, 4) is 0 Å². The molecule has 244 valence electrons. The van der Waals surface area contributed by atoms with Crippen molar-refractivity contribution >= 4 is 41.2 Å². The molecule has 0 spiro atoms. The van der Waals surface area contributed by atoms with Gasteiger partial charge in [0.2, 0.25) is 5.91 Å². The summed E-state index contributed by atoms with van der Waals surface area (Å²) in [6.45, 7) is 5.69. The van der Waals surface area contributed by atoms with Crippen molar-refractivity contribution in [2.75, 3.05) is 11.4 Å². The maximum Gasteiger partial charge on any atom is 0.415 e. The summed E-state index contributed by atoms with van der Waals surface area (Å²) < 4.78 is 5.75. The summed E-state index contributed by atoms with van der Waals surface area (Å²) in [5, 5.41) is 10.1. The number of rotatable bonds is 7. The number of aliphatic carboxylic acids is 1. The highest BCUT2D eigenvalue weighted by molar-refractivity contribution is 8.00. The molecule has 0 bridgehead atoms. The molecule has 4 atom stereocenters. The van der Waals surface area contributed by atoms with Crippen molar-refractivity contribution in [3.05, 3.63) is 107 Å². The fraction of sp³-hybridized carbons (Fsp3) is 0.368. The van der Waals surface area contributed by atoms with Gasteiger partial charge in [0.1, 0.15) is 11.6 Å². The van der Waals surface area contributed by atoms with Gasteiger partial charge in [0.15, 0.2) is 5.78 Å². The van der Waals surface area contributed by atoms with Crippen LogP contribution in [0.3, 0.4) is 0 Å². The number of benzene rings is 3. The van der Waals surface area contributed by atoms with Gasteiger partial charge in [-0.3, -0.25) is 19.3 Å². The van der Waals surface area contributed by atoms with Crippen LogP contribution in [0, 0.1) is 5.92 Å². The number of nitrogens with zero attached hydrogens (tertiary/aromatic N) is 2. The zero-order chi connectivity index (χ0) is 33.3. The Morgan fingerprint density at radius 1 is 0.851 bits per heavy atom. The van der Waals surface area contributed by atoms with Crippen LogP contribution in [0.5, 0.6) is 0 Å². The van der Waals surface area contributed by atoms with Gasteiger partial charge in [-0.05, 0) is 74.9 Å². The number of allylic oxidation sites excluding steroid dienone is 1. The summed E-state index contributed by atoms with van der Waals surface area (Å²) in [6, 6.07) is 23.5. The number of hydrogen-bond donors (Lipinski definition) is 1. The lowest BCUT2D eigenvalue weighted by molar-refractivity contribution is -0.141. The Balaban J connectivity index is 1.29. The van der Waals surface area contributed by atoms with Crippen LogP contribution in [0.4, 0.5) is 10.5 Å². The Hall–Kier alpha value is -4.37. The quantitative estimate of drug-likeness (QED) is 0.291. The molecule has 2 amide bonds. The molecule has 1 fully saturated rings. The van der Waals surface area contributed by atoms with E-state index in [0.717, 1.165) is 21.6 Å². The largest absolute Gasteiger partial charge is 0.481 e. The maximum absolute atomic E-state index is 14.6. The van der Waals surface area contributed by atoms with E-state index in [2.05, 4.69) is 0 Å². The predicted molar refractivity (Wildman–Crippen MR) is 182 cm³/mol. The number of hydrogen-bond acceptors (Lipinski definition) is 6. The second-order valence-corrected chi connectivity index (χ2v) is 14.9. The molecule has 1 aliphatic carbocycles. The Morgan fingerprint density at radius 2 is 1.51 bits per heavy atom. The third-order valence-corrected chi connectivity index (χ3v) is 10.3. The van der Waals surface area contributed by atoms with E-state index in [0.29, 0.717) is 43.5 Å². The van der Waals surface area contributed by atoms with Crippen molar-refractivity contribution in [1.82, 2.24) is 4.90 Å². The molecule has 0 radical (unpaired) electrons. The van der Waals surface area contributed by atoms with Gasteiger partial charge in [0.05, 0.1) is 17.6 Å². The number of Topliss-reactive ketones (excluding diaryl/α,β-unsaturated/α-hetero) is 1. The first-order valence-corrected chi connectivity index (χ1v) is 17.0. The number of anilines is 1. The minimum atomic E-state index is -0.964. The fourth-order valence-electron chi connectivity index (χ4n) is 6.89. The molecule has 0 saturated carbocycles. The van der Waals surface area contributed by atoms with Gasteiger partial charge in [-0.25, -0.2) is 4.79 Å². The van der Waals surface area contributed by atoms with Crippen LogP contribution < -0.4 is 4.90 Å². The van der Waals surface area contributed by atoms with Gasteiger partial charge in [-0.1, -0.05) is 72.3 Å². The van der Waals surface area contributed by atoms with Crippen molar-refractivity contribution in [1.29, 1.82) is 0 Å². The van der Waals surface area contributed by atoms with Crippen LogP contribution in [0.2, 0.25) is 0 Å². The van der Waals surface area contributed by atoms with Crippen molar-refractivity contribution in [2.45, 2.75) is 80.7 Å². The molecule has 3 aromatic rings. The van der Waals surface area contributed by atoms with Gasteiger partial charge in [0, 0.05) is 29.5 Å². The first kappa shape index (κ1) is 32.6. The van der Waals surface area contributed by atoms with Crippen LogP contribution in [-0.2, 0) is 38.4 Å². The first-order chi connectivity index (χ1) is 22.5. The molecule has 3 aromatic carbocycles. The Kier molecular flexibility index (Phi) is 9.28. The van der Waals surface area contributed by atoms with E-state index in [9.17, 15) is 24.3 Å². The van der Waals surface area contributed by atoms with Crippen molar-refractivity contribution in [2.24, 2.45) is 5.92 Å². The number of para-hydroxylation sites is 1.